The summed E-state index contributed by atoms with van der Waals surface area (Å²) in [6.45, 7) is 0. The van der Waals surface area contributed by atoms with Gasteiger partial charge in [0.2, 0.25) is 0 Å². The molecule has 0 fully saturated rings. The van der Waals surface area contributed by atoms with Gasteiger partial charge in [0, 0.05) is 21.9 Å². The van der Waals surface area contributed by atoms with Crippen molar-refractivity contribution in [3.8, 4) is 0 Å². The van der Waals surface area contributed by atoms with Crippen LogP contribution in [0.4, 0.5) is 0 Å². The topological polar surface area (TPSA) is 144 Å². The Labute approximate surface area is 158 Å². The summed E-state index contributed by atoms with van der Waals surface area (Å²) < 4.78 is 11.5. The van der Waals surface area contributed by atoms with Crippen molar-refractivity contribution in [2.45, 2.75) is 0 Å². The van der Waals surface area contributed by atoms with Crippen LogP contribution in [0.3, 0.4) is 0 Å². The van der Waals surface area contributed by atoms with Gasteiger partial charge >= 0.3 is 0 Å². The lowest BCUT2D eigenvalue weighted by Crippen LogP contribution is -2.12. The van der Waals surface area contributed by atoms with Gasteiger partial charge in [0.25, 0.3) is 0 Å². The van der Waals surface area contributed by atoms with Crippen LogP contribution in [0.1, 0.15) is 22.6 Å². The van der Waals surface area contributed by atoms with E-state index in [0.717, 1.165) is 10.8 Å². The van der Waals surface area contributed by atoms with E-state index in [1.165, 1.54) is 0 Å². The normalized spacial score (nSPS) is 13.1. The molecular formula is C20H16N4O4. The molecule has 0 unspecified atom stereocenters. The molecular weight excluding hydrogens is 360 g/mol. The van der Waals surface area contributed by atoms with Gasteiger partial charge in [-0.1, -0.05) is 10.3 Å². The van der Waals surface area contributed by atoms with Crippen molar-refractivity contribution in [1.29, 1.82) is 0 Å². The second-order valence-electron chi connectivity index (χ2n) is 6.11. The van der Waals surface area contributed by atoms with Crippen molar-refractivity contribution in [2.75, 3.05) is 0 Å². The first-order valence-electron chi connectivity index (χ1n) is 8.28. The van der Waals surface area contributed by atoms with Gasteiger partial charge in [0.1, 0.15) is 22.7 Å². The smallest absolute Gasteiger partial charge is 0.170 e. The van der Waals surface area contributed by atoms with Gasteiger partial charge in [-0.2, -0.15) is 0 Å². The van der Waals surface area contributed by atoms with E-state index in [1.807, 2.05) is 12.1 Å². The Morgan fingerprint density at radius 2 is 1.14 bits per heavy atom. The third kappa shape index (κ3) is 3.14. The SMILES string of the molecule is N/C(=N/O)c1ccc2oc(/C=C/c3cc4cc(/C(N)=N\O)ccc4o3)cc2c1. The molecule has 8 heteroatoms. The Balaban J connectivity index is 1.63. The largest absolute Gasteiger partial charge is 0.457 e. The molecule has 0 aliphatic rings. The van der Waals surface area contributed by atoms with Crippen molar-refractivity contribution in [3.63, 3.8) is 0 Å². The number of hydrogen-bond acceptors (Lipinski definition) is 6. The molecule has 0 saturated heterocycles. The number of hydrogen-bond donors (Lipinski definition) is 4. The summed E-state index contributed by atoms with van der Waals surface area (Å²) in [5.41, 5.74) is 13.8. The highest BCUT2D eigenvalue weighted by Crippen LogP contribution is 2.25. The molecule has 0 aliphatic carbocycles. The van der Waals surface area contributed by atoms with E-state index >= 15 is 0 Å². The van der Waals surface area contributed by atoms with Crippen LogP contribution in [0.25, 0.3) is 34.1 Å². The van der Waals surface area contributed by atoms with E-state index in [2.05, 4.69) is 10.3 Å². The molecule has 8 nitrogen and oxygen atoms in total. The fourth-order valence-corrected chi connectivity index (χ4v) is 2.89. The standard InChI is InChI=1S/C20H16N4O4/c21-19(23-25)11-1-5-17-13(7-11)9-15(27-17)3-4-16-10-14-8-12(20(22)24-26)2-6-18(14)28-16/h1-10,25-26H,(H2,21,23)(H2,22,24)/b4-3+. The number of nitrogens with two attached hydrogens (primary N) is 2. The highest BCUT2D eigenvalue weighted by Gasteiger charge is 2.07. The summed E-state index contributed by atoms with van der Waals surface area (Å²) in [6, 6.07) is 14.2. The average Bonchev–Trinajstić information content (AvgIpc) is 3.32. The van der Waals surface area contributed by atoms with Gasteiger partial charge < -0.3 is 30.7 Å². The van der Waals surface area contributed by atoms with Crippen LogP contribution in [0, 0.1) is 0 Å². The van der Waals surface area contributed by atoms with Gasteiger partial charge in [-0.15, -0.1) is 0 Å². The Hall–Kier alpha value is -4.20. The summed E-state index contributed by atoms with van der Waals surface area (Å²) in [6.07, 6.45) is 3.57. The van der Waals surface area contributed by atoms with Crippen LogP contribution < -0.4 is 11.5 Å². The highest BCUT2D eigenvalue weighted by atomic mass is 16.4. The van der Waals surface area contributed by atoms with Gasteiger partial charge in [-0.05, 0) is 60.7 Å². The molecule has 2 aromatic heterocycles. The van der Waals surface area contributed by atoms with Crippen LogP contribution in [-0.2, 0) is 0 Å². The van der Waals surface area contributed by atoms with Gasteiger partial charge in [-0.3, -0.25) is 0 Å². The summed E-state index contributed by atoms with van der Waals surface area (Å²) in [4.78, 5) is 0. The monoisotopic (exact) mass is 376 g/mol. The fourth-order valence-electron chi connectivity index (χ4n) is 2.89. The third-order valence-corrected chi connectivity index (χ3v) is 4.29. The number of fused-ring (bicyclic) bond motifs is 2. The average molecular weight is 376 g/mol. The second kappa shape index (κ2) is 6.84. The van der Waals surface area contributed by atoms with Crippen LogP contribution in [-0.4, -0.2) is 22.1 Å². The molecule has 0 radical (unpaired) electrons. The predicted molar refractivity (Wildman–Crippen MR) is 106 cm³/mol. The Kier molecular flexibility index (Phi) is 4.21. The maximum Gasteiger partial charge on any atom is 0.170 e. The summed E-state index contributed by atoms with van der Waals surface area (Å²) >= 11 is 0. The molecule has 6 N–H and O–H groups in total. The Morgan fingerprint density at radius 1 is 0.714 bits per heavy atom. The summed E-state index contributed by atoms with van der Waals surface area (Å²) in [5, 5.41) is 25.2. The fraction of sp³-hybridized carbons (Fsp3) is 0. The zero-order chi connectivity index (χ0) is 19.7. The van der Waals surface area contributed by atoms with E-state index in [9.17, 15) is 0 Å². The number of nitrogens with zero attached hydrogens (tertiary/aromatic N) is 2. The van der Waals surface area contributed by atoms with Crippen molar-refractivity contribution >= 4 is 45.8 Å². The molecule has 2 aromatic carbocycles. The lowest BCUT2D eigenvalue weighted by Gasteiger charge is -1.96. The molecule has 0 amide bonds. The van der Waals surface area contributed by atoms with Crippen molar-refractivity contribution in [1.82, 2.24) is 0 Å². The number of benzene rings is 2. The van der Waals surface area contributed by atoms with E-state index < -0.39 is 0 Å². The van der Waals surface area contributed by atoms with Crippen molar-refractivity contribution in [2.24, 2.45) is 21.8 Å². The molecule has 0 aliphatic heterocycles. The molecule has 0 atom stereocenters. The number of furan rings is 2. The maximum atomic E-state index is 8.79. The zero-order valence-corrected chi connectivity index (χ0v) is 14.5. The maximum absolute atomic E-state index is 8.79. The predicted octanol–water partition coefficient (Wildman–Crippen LogP) is 3.54. The number of oxime groups is 2. The van der Waals surface area contributed by atoms with Gasteiger partial charge in [0.05, 0.1) is 0 Å². The lowest BCUT2D eigenvalue weighted by molar-refractivity contribution is 0.318. The van der Waals surface area contributed by atoms with Gasteiger partial charge in [-0.25, -0.2) is 0 Å². The van der Waals surface area contributed by atoms with E-state index in [-0.39, 0.29) is 11.7 Å². The van der Waals surface area contributed by atoms with Crippen LogP contribution >= 0.6 is 0 Å². The number of amidine groups is 2. The quantitative estimate of drug-likeness (QED) is 0.186. The molecule has 2 heterocycles. The van der Waals surface area contributed by atoms with Crippen molar-refractivity contribution in [3.05, 3.63) is 71.2 Å². The molecule has 28 heavy (non-hydrogen) atoms. The van der Waals surface area contributed by atoms with Crippen molar-refractivity contribution < 1.29 is 19.2 Å². The van der Waals surface area contributed by atoms with Crippen LogP contribution in [0.5, 0.6) is 0 Å². The molecule has 4 rings (SSSR count). The first kappa shape index (κ1) is 17.2. The minimum absolute atomic E-state index is 0.0358. The number of rotatable bonds is 4. The molecule has 0 saturated carbocycles. The molecule has 0 spiro atoms. The van der Waals surface area contributed by atoms with Gasteiger partial charge in [0.15, 0.2) is 11.7 Å². The highest BCUT2D eigenvalue weighted by molar-refractivity contribution is 6.01. The van der Waals surface area contributed by atoms with E-state index in [0.29, 0.717) is 33.8 Å². The lowest BCUT2D eigenvalue weighted by atomic mass is 10.1. The molecule has 4 aromatic rings. The third-order valence-electron chi connectivity index (χ3n) is 4.29. The van der Waals surface area contributed by atoms with E-state index in [4.69, 9.17) is 30.7 Å². The first-order valence-corrected chi connectivity index (χ1v) is 8.28. The zero-order valence-electron chi connectivity index (χ0n) is 14.5. The molecule has 140 valence electrons. The van der Waals surface area contributed by atoms with E-state index in [1.54, 1.807) is 48.6 Å². The van der Waals surface area contributed by atoms with Crippen LogP contribution in [0.15, 0.2) is 67.7 Å². The first-order chi connectivity index (χ1) is 13.6. The minimum Gasteiger partial charge on any atom is -0.457 e. The molecule has 0 bridgehead atoms. The minimum atomic E-state index is 0.0358. The summed E-state index contributed by atoms with van der Waals surface area (Å²) in [5.74, 6) is 1.33. The Bertz CT molecular complexity index is 1170. The second-order valence-corrected chi connectivity index (χ2v) is 6.11. The summed E-state index contributed by atoms with van der Waals surface area (Å²) in [7, 11) is 0. The Morgan fingerprint density at radius 3 is 1.54 bits per heavy atom. The van der Waals surface area contributed by atoms with Crippen LogP contribution in [0.2, 0.25) is 0 Å².